The quantitative estimate of drug-likeness (QED) is 0.703. The molecule has 2 amide bonds. The smallest absolute Gasteiger partial charge is 0.238 e. The number of thioether (sulfide) groups is 1. The van der Waals surface area contributed by atoms with Crippen molar-refractivity contribution in [1.29, 1.82) is 0 Å². The van der Waals surface area contributed by atoms with Crippen LogP contribution in [-0.2, 0) is 16.1 Å². The van der Waals surface area contributed by atoms with E-state index in [0.717, 1.165) is 42.1 Å². The van der Waals surface area contributed by atoms with Crippen LogP contribution < -0.4 is 10.6 Å². The SMILES string of the molecule is CSc1cccc(NC(=O)CN2CCC(C(=O)NCc3ccccc3)CC2)c1. The molecule has 1 fully saturated rings. The van der Waals surface area contributed by atoms with Crippen molar-refractivity contribution in [2.24, 2.45) is 5.92 Å². The highest BCUT2D eigenvalue weighted by molar-refractivity contribution is 7.98. The molecule has 6 heteroatoms. The average molecular weight is 398 g/mol. The molecule has 148 valence electrons. The molecule has 0 saturated carbocycles. The molecule has 0 bridgehead atoms. The molecule has 0 aliphatic carbocycles. The molecule has 0 unspecified atom stereocenters. The van der Waals surface area contributed by atoms with Crippen LogP contribution in [0, 0.1) is 5.92 Å². The van der Waals surface area contributed by atoms with Crippen molar-refractivity contribution in [2.45, 2.75) is 24.3 Å². The van der Waals surface area contributed by atoms with Gasteiger partial charge in [-0.2, -0.15) is 0 Å². The molecule has 1 saturated heterocycles. The van der Waals surface area contributed by atoms with E-state index in [1.807, 2.05) is 60.9 Å². The first kappa shape index (κ1) is 20.4. The Morgan fingerprint density at radius 1 is 1.07 bits per heavy atom. The van der Waals surface area contributed by atoms with E-state index in [2.05, 4.69) is 15.5 Å². The maximum Gasteiger partial charge on any atom is 0.238 e. The number of benzene rings is 2. The number of nitrogens with one attached hydrogen (secondary N) is 2. The van der Waals surface area contributed by atoms with Gasteiger partial charge in [-0.15, -0.1) is 11.8 Å². The van der Waals surface area contributed by atoms with E-state index >= 15 is 0 Å². The van der Waals surface area contributed by atoms with E-state index in [4.69, 9.17) is 0 Å². The van der Waals surface area contributed by atoms with E-state index in [1.165, 1.54) is 0 Å². The van der Waals surface area contributed by atoms with E-state index in [9.17, 15) is 9.59 Å². The Labute approximate surface area is 170 Å². The number of piperidine rings is 1. The van der Waals surface area contributed by atoms with Crippen molar-refractivity contribution in [3.8, 4) is 0 Å². The molecule has 0 aromatic heterocycles. The number of nitrogens with zero attached hydrogens (tertiary/aromatic N) is 1. The third-order valence-corrected chi connectivity index (χ3v) is 5.71. The van der Waals surface area contributed by atoms with Gasteiger partial charge in [-0.1, -0.05) is 36.4 Å². The number of carbonyl (C=O) groups excluding carboxylic acids is 2. The Morgan fingerprint density at radius 3 is 2.54 bits per heavy atom. The highest BCUT2D eigenvalue weighted by atomic mass is 32.2. The predicted octanol–water partition coefficient (Wildman–Crippen LogP) is 3.38. The largest absolute Gasteiger partial charge is 0.352 e. The molecular weight excluding hydrogens is 370 g/mol. The molecule has 5 nitrogen and oxygen atoms in total. The van der Waals surface area contributed by atoms with Crippen LogP contribution >= 0.6 is 11.8 Å². The van der Waals surface area contributed by atoms with Gasteiger partial charge in [-0.05, 0) is 55.9 Å². The minimum atomic E-state index is -0.00904. The Hall–Kier alpha value is -2.31. The molecule has 0 spiro atoms. The van der Waals surface area contributed by atoms with Crippen molar-refractivity contribution in [1.82, 2.24) is 10.2 Å². The highest BCUT2D eigenvalue weighted by Gasteiger charge is 2.25. The summed E-state index contributed by atoms with van der Waals surface area (Å²) in [6.45, 7) is 2.46. The third kappa shape index (κ3) is 6.11. The van der Waals surface area contributed by atoms with E-state index in [1.54, 1.807) is 11.8 Å². The van der Waals surface area contributed by atoms with Crippen LogP contribution in [0.25, 0.3) is 0 Å². The first-order valence-electron chi connectivity index (χ1n) is 9.62. The van der Waals surface area contributed by atoms with Gasteiger partial charge < -0.3 is 10.6 Å². The molecule has 2 aromatic carbocycles. The lowest BCUT2D eigenvalue weighted by atomic mass is 9.96. The predicted molar refractivity (Wildman–Crippen MR) is 114 cm³/mol. The zero-order chi connectivity index (χ0) is 19.8. The first-order valence-corrected chi connectivity index (χ1v) is 10.8. The maximum atomic E-state index is 12.4. The maximum absolute atomic E-state index is 12.4. The van der Waals surface area contributed by atoms with Crippen molar-refractivity contribution in [3.63, 3.8) is 0 Å². The topological polar surface area (TPSA) is 61.4 Å². The molecule has 1 aliphatic rings. The van der Waals surface area contributed by atoms with Crippen molar-refractivity contribution < 1.29 is 9.59 Å². The fourth-order valence-electron chi connectivity index (χ4n) is 3.39. The average Bonchev–Trinajstić information content (AvgIpc) is 2.73. The second-order valence-corrected chi connectivity index (χ2v) is 7.91. The minimum Gasteiger partial charge on any atom is -0.352 e. The summed E-state index contributed by atoms with van der Waals surface area (Å²) >= 11 is 1.65. The lowest BCUT2D eigenvalue weighted by Gasteiger charge is -2.30. The van der Waals surface area contributed by atoms with Gasteiger partial charge in [-0.3, -0.25) is 14.5 Å². The van der Waals surface area contributed by atoms with E-state index in [0.29, 0.717) is 13.1 Å². The van der Waals surface area contributed by atoms with Crippen LogP contribution in [0.4, 0.5) is 5.69 Å². The van der Waals surface area contributed by atoms with Gasteiger partial charge in [-0.25, -0.2) is 0 Å². The zero-order valence-corrected chi connectivity index (χ0v) is 17.0. The van der Waals surface area contributed by atoms with Gasteiger partial charge in [0.2, 0.25) is 11.8 Å². The van der Waals surface area contributed by atoms with Crippen LogP contribution in [0.3, 0.4) is 0 Å². The lowest BCUT2D eigenvalue weighted by molar-refractivity contribution is -0.126. The molecule has 1 heterocycles. The lowest BCUT2D eigenvalue weighted by Crippen LogP contribution is -2.43. The van der Waals surface area contributed by atoms with Gasteiger partial charge in [0.05, 0.1) is 6.54 Å². The number of rotatable bonds is 7. The first-order chi connectivity index (χ1) is 13.6. The summed E-state index contributed by atoms with van der Waals surface area (Å²) in [6, 6.07) is 17.8. The molecule has 0 radical (unpaired) electrons. The van der Waals surface area contributed by atoms with Gasteiger partial charge in [0.25, 0.3) is 0 Å². The number of likely N-dealkylation sites (tertiary alicyclic amines) is 1. The molecule has 3 rings (SSSR count). The van der Waals surface area contributed by atoms with Crippen molar-refractivity contribution in [2.75, 3.05) is 31.2 Å². The van der Waals surface area contributed by atoms with Crippen molar-refractivity contribution in [3.05, 3.63) is 60.2 Å². The molecule has 28 heavy (non-hydrogen) atoms. The summed E-state index contributed by atoms with van der Waals surface area (Å²) in [5, 5.41) is 5.99. The third-order valence-electron chi connectivity index (χ3n) is 4.99. The zero-order valence-electron chi connectivity index (χ0n) is 16.2. The summed E-state index contributed by atoms with van der Waals surface area (Å²) in [5.74, 6) is 0.133. The molecule has 2 aromatic rings. The minimum absolute atomic E-state index is 0.00904. The Kier molecular flexibility index (Phi) is 7.51. The van der Waals surface area contributed by atoms with Gasteiger partial charge in [0.1, 0.15) is 0 Å². The summed E-state index contributed by atoms with van der Waals surface area (Å²) in [4.78, 5) is 28.0. The van der Waals surface area contributed by atoms with Gasteiger partial charge in [0.15, 0.2) is 0 Å². The summed E-state index contributed by atoms with van der Waals surface area (Å²) < 4.78 is 0. The Balaban J connectivity index is 1.39. The summed E-state index contributed by atoms with van der Waals surface area (Å²) in [6.07, 6.45) is 3.59. The van der Waals surface area contributed by atoms with E-state index in [-0.39, 0.29) is 17.7 Å². The van der Waals surface area contributed by atoms with Crippen LogP contribution in [-0.4, -0.2) is 42.6 Å². The van der Waals surface area contributed by atoms with Crippen LogP contribution in [0.1, 0.15) is 18.4 Å². The van der Waals surface area contributed by atoms with Crippen LogP contribution in [0.5, 0.6) is 0 Å². The fourth-order valence-corrected chi connectivity index (χ4v) is 3.85. The molecule has 0 atom stereocenters. The van der Waals surface area contributed by atoms with E-state index < -0.39 is 0 Å². The fraction of sp³-hybridized carbons (Fsp3) is 0.364. The second-order valence-electron chi connectivity index (χ2n) is 7.03. The highest BCUT2D eigenvalue weighted by Crippen LogP contribution is 2.20. The summed E-state index contributed by atoms with van der Waals surface area (Å²) in [7, 11) is 0. The number of amides is 2. The van der Waals surface area contributed by atoms with Gasteiger partial charge in [0, 0.05) is 23.0 Å². The summed E-state index contributed by atoms with van der Waals surface area (Å²) in [5.41, 5.74) is 1.93. The second kappa shape index (κ2) is 10.3. The number of hydrogen-bond acceptors (Lipinski definition) is 4. The van der Waals surface area contributed by atoms with Crippen LogP contribution in [0.2, 0.25) is 0 Å². The monoisotopic (exact) mass is 397 g/mol. The number of hydrogen-bond donors (Lipinski definition) is 2. The standard InChI is InChI=1S/C22H27N3O2S/c1-28-20-9-5-8-19(14-20)24-21(26)16-25-12-10-18(11-13-25)22(27)23-15-17-6-3-2-4-7-17/h2-9,14,18H,10-13,15-16H2,1H3,(H,23,27)(H,24,26). The van der Waals surface area contributed by atoms with Crippen molar-refractivity contribution >= 4 is 29.3 Å². The van der Waals surface area contributed by atoms with Gasteiger partial charge >= 0.3 is 0 Å². The number of anilines is 1. The number of carbonyl (C=O) groups is 2. The molecule has 2 N–H and O–H groups in total. The normalized spacial score (nSPS) is 15.2. The van der Waals surface area contributed by atoms with Crippen LogP contribution in [0.15, 0.2) is 59.5 Å². The Morgan fingerprint density at radius 2 is 1.82 bits per heavy atom. The molecular formula is C22H27N3O2S. The molecule has 1 aliphatic heterocycles. The Bertz CT molecular complexity index is 789.